The van der Waals surface area contributed by atoms with Crippen LogP contribution in [0.1, 0.15) is 52.4 Å². The van der Waals surface area contributed by atoms with Crippen molar-refractivity contribution in [1.82, 2.24) is 0 Å². The van der Waals surface area contributed by atoms with Crippen LogP contribution in [0.4, 0.5) is 0 Å². The van der Waals surface area contributed by atoms with Crippen molar-refractivity contribution < 1.29 is 8.42 Å². The molecule has 1 unspecified atom stereocenters. The summed E-state index contributed by atoms with van der Waals surface area (Å²) in [4.78, 5) is 0. The van der Waals surface area contributed by atoms with Gasteiger partial charge in [-0.15, -0.1) is 11.6 Å². The quantitative estimate of drug-likeness (QED) is 0.467. The number of rotatable bonds is 9. The smallest absolute Gasteiger partial charge is 0.150 e. The standard InChI is InChI=1S/C11H23ClO2S/c1-3-8-11(12)9-6-5-7-10-15(13,14)4-2/h11H,3-10H2,1-2H3. The molecule has 1 atom stereocenters. The van der Waals surface area contributed by atoms with E-state index in [9.17, 15) is 8.42 Å². The molecule has 92 valence electrons. The van der Waals surface area contributed by atoms with Crippen molar-refractivity contribution in [3.05, 3.63) is 0 Å². The number of alkyl halides is 1. The van der Waals surface area contributed by atoms with Crippen molar-refractivity contribution in [2.45, 2.75) is 57.7 Å². The lowest BCUT2D eigenvalue weighted by atomic mass is 10.1. The van der Waals surface area contributed by atoms with Gasteiger partial charge in [-0.1, -0.05) is 33.1 Å². The predicted octanol–water partition coefficient (Wildman–Crippen LogP) is 3.39. The molecule has 15 heavy (non-hydrogen) atoms. The van der Waals surface area contributed by atoms with Crippen LogP contribution in [0.5, 0.6) is 0 Å². The zero-order chi connectivity index (χ0) is 11.7. The first-order valence-electron chi connectivity index (χ1n) is 5.86. The molecule has 0 aromatic heterocycles. The highest BCUT2D eigenvalue weighted by molar-refractivity contribution is 7.91. The summed E-state index contributed by atoms with van der Waals surface area (Å²) in [6.07, 6.45) is 6.01. The highest BCUT2D eigenvalue weighted by atomic mass is 35.5. The molecule has 0 aliphatic heterocycles. The molecule has 0 rings (SSSR count). The lowest BCUT2D eigenvalue weighted by molar-refractivity contribution is 0.582. The van der Waals surface area contributed by atoms with E-state index in [0.717, 1.165) is 38.5 Å². The van der Waals surface area contributed by atoms with Crippen LogP contribution in [0, 0.1) is 0 Å². The molecule has 0 N–H and O–H groups in total. The fourth-order valence-corrected chi connectivity index (χ4v) is 2.77. The Morgan fingerprint density at radius 1 is 1.07 bits per heavy atom. The maximum absolute atomic E-state index is 11.2. The summed E-state index contributed by atoms with van der Waals surface area (Å²) in [6.45, 7) is 3.83. The number of hydrogen-bond donors (Lipinski definition) is 0. The molecule has 0 saturated heterocycles. The van der Waals surface area contributed by atoms with Gasteiger partial charge in [-0.05, 0) is 19.3 Å². The molecular formula is C11H23ClO2S. The summed E-state index contributed by atoms with van der Waals surface area (Å²) in [6, 6.07) is 0. The summed E-state index contributed by atoms with van der Waals surface area (Å²) in [5.41, 5.74) is 0. The van der Waals surface area contributed by atoms with E-state index in [1.54, 1.807) is 6.92 Å². The van der Waals surface area contributed by atoms with Gasteiger partial charge in [0.1, 0.15) is 9.84 Å². The Bertz CT molecular complexity index is 237. The second-order valence-electron chi connectivity index (χ2n) is 3.97. The van der Waals surface area contributed by atoms with Gasteiger partial charge in [0.2, 0.25) is 0 Å². The van der Waals surface area contributed by atoms with Gasteiger partial charge in [0.25, 0.3) is 0 Å². The van der Waals surface area contributed by atoms with Crippen LogP contribution in [-0.2, 0) is 9.84 Å². The van der Waals surface area contributed by atoms with Gasteiger partial charge < -0.3 is 0 Å². The molecule has 0 spiro atoms. The Morgan fingerprint density at radius 3 is 2.27 bits per heavy atom. The maximum atomic E-state index is 11.2. The van der Waals surface area contributed by atoms with E-state index in [1.165, 1.54) is 0 Å². The molecule has 0 fully saturated rings. The molecule has 0 aliphatic rings. The van der Waals surface area contributed by atoms with Gasteiger partial charge in [-0.2, -0.15) is 0 Å². The molecule has 0 radical (unpaired) electrons. The zero-order valence-corrected chi connectivity index (χ0v) is 11.4. The number of sulfone groups is 1. The molecule has 0 bridgehead atoms. The fraction of sp³-hybridized carbons (Fsp3) is 1.00. The van der Waals surface area contributed by atoms with E-state index in [0.29, 0.717) is 5.75 Å². The van der Waals surface area contributed by atoms with Crippen LogP contribution in [0.2, 0.25) is 0 Å². The monoisotopic (exact) mass is 254 g/mol. The summed E-state index contributed by atoms with van der Waals surface area (Å²) >= 11 is 6.06. The van der Waals surface area contributed by atoms with Crippen molar-refractivity contribution in [2.75, 3.05) is 11.5 Å². The minimum atomic E-state index is -2.76. The van der Waals surface area contributed by atoms with Crippen molar-refractivity contribution in [1.29, 1.82) is 0 Å². The van der Waals surface area contributed by atoms with Crippen LogP contribution in [-0.4, -0.2) is 25.3 Å². The average Bonchev–Trinajstić information content (AvgIpc) is 2.17. The van der Waals surface area contributed by atoms with E-state index in [4.69, 9.17) is 11.6 Å². The first-order valence-corrected chi connectivity index (χ1v) is 8.12. The Morgan fingerprint density at radius 2 is 1.73 bits per heavy atom. The third-order valence-corrected chi connectivity index (χ3v) is 4.74. The minimum absolute atomic E-state index is 0.265. The molecule has 0 amide bonds. The SMILES string of the molecule is CCCC(Cl)CCCCCS(=O)(=O)CC. The minimum Gasteiger partial charge on any atom is -0.229 e. The maximum Gasteiger partial charge on any atom is 0.150 e. The third-order valence-electron chi connectivity index (χ3n) is 2.51. The number of hydrogen-bond acceptors (Lipinski definition) is 2. The lowest BCUT2D eigenvalue weighted by Crippen LogP contribution is -2.08. The van der Waals surface area contributed by atoms with Gasteiger partial charge in [0.05, 0.1) is 5.75 Å². The highest BCUT2D eigenvalue weighted by Gasteiger charge is 2.07. The van der Waals surface area contributed by atoms with Crippen LogP contribution < -0.4 is 0 Å². The Labute approximate surface area is 99.3 Å². The van der Waals surface area contributed by atoms with Crippen LogP contribution in [0.25, 0.3) is 0 Å². The largest absolute Gasteiger partial charge is 0.229 e. The van der Waals surface area contributed by atoms with Crippen LogP contribution in [0.15, 0.2) is 0 Å². The van der Waals surface area contributed by atoms with E-state index in [-0.39, 0.29) is 11.1 Å². The molecule has 0 heterocycles. The molecule has 2 nitrogen and oxygen atoms in total. The fourth-order valence-electron chi connectivity index (χ4n) is 1.47. The molecular weight excluding hydrogens is 232 g/mol. The molecule has 0 saturated carbocycles. The van der Waals surface area contributed by atoms with E-state index in [1.807, 2.05) is 0 Å². The summed E-state index contributed by atoms with van der Waals surface area (Å²) < 4.78 is 22.3. The second kappa shape index (κ2) is 8.40. The Hall–Kier alpha value is 0.240. The van der Waals surface area contributed by atoms with Crippen LogP contribution in [0.3, 0.4) is 0 Å². The topological polar surface area (TPSA) is 34.1 Å². The summed E-state index contributed by atoms with van der Waals surface area (Å²) in [7, 11) is -2.76. The van der Waals surface area contributed by atoms with Gasteiger partial charge >= 0.3 is 0 Å². The Balaban J connectivity index is 3.40. The summed E-state index contributed by atoms with van der Waals surface area (Å²) in [5.74, 6) is 0.602. The first kappa shape index (κ1) is 15.2. The summed E-state index contributed by atoms with van der Waals surface area (Å²) in [5, 5.41) is 0.276. The highest BCUT2D eigenvalue weighted by Crippen LogP contribution is 2.14. The molecule has 0 aromatic rings. The Kier molecular flexibility index (Phi) is 8.53. The van der Waals surface area contributed by atoms with Crippen LogP contribution >= 0.6 is 11.6 Å². The van der Waals surface area contributed by atoms with Crippen molar-refractivity contribution in [2.24, 2.45) is 0 Å². The molecule has 0 aromatic carbocycles. The average molecular weight is 255 g/mol. The van der Waals surface area contributed by atoms with Gasteiger partial charge in [-0.3, -0.25) is 0 Å². The molecule has 4 heteroatoms. The molecule has 0 aliphatic carbocycles. The van der Waals surface area contributed by atoms with Crippen molar-refractivity contribution in [3.8, 4) is 0 Å². The first-order chi connectivity index (χ1) is 7.02. The van der Waals surface area contributed by atoms with Gasteiger partial charge in [0.15, 0.2) is 0 Å². The van der Waals surface area contributed by atoms with Gasteiger partial charge in [0, 0.05) is 11.1 Å². The number of unbranched alkanes of at least 4 members (excludes halogenated alkanes) is 2. The van der Waals surface area contributed by atoms with Crippen molar-refractivity contribution >= 4 is 21.4 Å². The lowest BCUT2D eigenvalue weighted by Gasteiger charge is -2.07. The van der Waals surface area contributed by atoms with E-state index in [2.05, 4.69) is 6.92 Å². The second-order valence-corrected chi connectivity index (χ2v) is 7.06. The van der Waals surface area contributed by atoms with Crippen molar-refractivity contribution in [3.63, 3.8) is 0 Å². The van der Waals surface area contributed by atoms with E-state index >= 15 is 0 Å². The van der Waals surface area contributed by atoms with Gasteiger partial charge in [-0.25, -0.2) is 8.42 Å². The number of halogens is 1. The van der Waals surface area contributed by atoms with E-state index < -0.39 is 9.84 Å². The zero-order valence-electron chi connectivity index (χ0n) is 9.84. The predicted molar refractivity (Wildman–Crippen MR) is 67.3 cm³/mol. The normalized spacial score (nSPS) is 14.1. The third kappa shape index (κ3) is 9.19.